The van der Waals surface area contributed by atoms with Crippen molar-refractivity contribution >= 4 is 51.4 Å². The van der Waals surface area contributed by atoms with E-state index in [0.29, 0.717) is 24.2 Å². The van der Waals surface area contributed by atoms with Crippen LogP contribution in [-0.2, 0) is 17.9 Å². The monoisotopic (exact) mass is 653 g/mol. The van der Waals surface area contributed by atoms with E-state index in [1.165, 1.54) is 17.3 Å². The lowest BCUT2D eigenvalue weighted by molar-refractivity contribution is -0.118. The Kier molecular flexibility index (Phi) is 9.64. The summed E-state index contributed by atoms with van der Waals surface area (Å²) in [5, 5.41) is 14.4. The molecule has 0 aliphatic heterocycles. The maximum Gasteiger partial charge on any atom is 0.250 e. The van der Waals surface area contributed by atoms with Crippen molar-refractivity contribution in [3.8, 4) is 11.5 Å². The average Bonchev–Trinajstić information content (AvgIpc) is 3.67. The van der Waals surface area contributed by atoms with E-state index in [9.17, 15) is 4.79 Å². The number of aromatic nitrogens is 3. The number of halogens is 2. The molecule has 5 rings (SSSR count). The second-order valence-corrected chi connectivity index (χ2v) is 11.8. The molecule has 0 radical (unpaired) electrons. The number of nitrogens with one attached hydrogen (secondary N) is 1. The fourth-order valence-electron chi connectivity index (χ4n) is 4.56. The van der Waals surface area contributed by atoms with Gasteiger partial charge in [0.1, 0.15) is 23.9 Å². The standard InChI is InChI=1S/C30H29BrClN5O3S/c1-3-37-29(26-15-25(26)20-5-9-23(32)10-6-20)35-36-30(37)41-18-28(38)34-33-16-19-4-13-27(39-2)21(14-19)17-40-24-11-7-22(31)8-12-24/h4-14,16,25-26H,3,15,17-18H2,1-2H3,(H,34,38)/b33-16-/t25-,26-/m0/s1. The minimum atomic E-state index is -0.226. The van der Waals surface area contributed by atoms with Crippen molar-refractivity contribution in [2.45, 2.75) is 43.5 Å². The van der Waals surface area contributed by atoms with Gasteiger partial charge in [-0.2, -0.15) is 5.10 Å². The number of ether oxygens (including phenoxy) is 2. The molecule has 1 aromatic heterocycles. The zero-order chi connectivity index (χ0) is 28.8. The molecule has 1 aliphatic rings. The molecule has 1 saturated carbocycles. The highest BCUT2D eigenvalue weighted by Crippen LogP contribution is 2.54. The normalized spacial score (nSPS) is 16.1. The van der Waals surface area contributed by atoms with Crippen molar-refractivity contribution in [2.24, 2.45) is 5.10 Å². The van der Waals surface area contributed by atoms with Gasteiger partial charge in [0.15, 0.2) is 5.16 Å². The second-order valence-electron chi connectivity index (χ2n) is 9.48. The fourth-order valence-corrected chi connectivity index (χ4v) is 5.75. The number of hydrazone groups is 1. The van der Waals surface area contributed by atoms with Crippen molar-refractivity contribution < 1.29 is 14.3 Å². The van der Waals surface area contributed by atoms with Gasteiger partial charge < -0.3 is 14.0 Å². The van der Waals surface area contributed by atoms with E-state index < -0.39 is 0 Å². The van der Waals surface area contributed by atoms with E-state index in [1.54, 1.807) is 13.3 Å². The van der Waals surface area contributed by atoms with Gasteiger partial charge in [-0.15, -0.1) is 10.2 Å². The number of benzene rings is 3. The minimum Gasteiger partial charge on any atom is -0.496 e. The molecule has 212 valence electrons. The summed E-state index contributed by atoms with van der Waals surface area (Å²) in [5.41, 5.74) is 5.54. The lowest BCUT2D eigenvalue weighted by Gasteiger charge is -2.11. The number of hydrogen-bond donors (Lipinski definition) is 1. The van der Waals surface area contributed by atoms with Crippen molar-refractivity contribution in [1.29, 1.82) is 0 Å². The van der Waals surface area contributed by atoms with Crippen LogP contribution in [0.2, 0.25) is 5.02 Å². The number of methoxy groups -OCH3 is 1. The van der Waals surface area contributed by atoms with Gasteiger partial charge in [0.25, 0.3) is 5.91 Å². The summed E-state index contributed by atoms with van der Waals surface area (Å²) in [6, 6.07) is 21.3. The fraction of sp³-hybridized carbons (Fsp3) is 0.267. The summed E-state index contributed by atoms with van der Waals surface area (Å²) in [4.78, 5) is 12.5. The number of amides is 1. The van der Waals surface area contributed by atoms with Crippen LogP contribution in [0.5, 0.6) is 11.5 Å². The molecule has 1 aliphatic carbocycles. The molecular formula is C30H29BrClN5O3S. The Bertz CT molecular complexity index is 1530. The Morgan fingerprint density at radius 3 is 2.66 bits per heavy atom. The highest BCUT2D eigenvalue weighted by Gasteiger charge is 2.43. The second kappa shape index (κ2) is 13.5. The van der Waals surface area contributed by atoms with Crippen LogP contribution >= 0.6 is 39.3 Å². The van der Waals surface area contributed by atoms with Gasteiger partial charge in [0.2, 0.25) is 0 Å². The van der Waals surface area contributed by atoms with Crippen molar-refractivity contribution in [1.82, 2.24) is 20.2 Å². The predicted molar refractivity (Wildman–Crippen MR) is 165 cm³/mol. The first-order valence-corrected chi connectivity index (χ1v) is 15.3. The number of rotatable bonds is 12. The first-order chi connectivity index (χ1) is 19.9. The topological polar surface area (TPSA) is 90.6 Å². The molecule has 11 heteroatoms. The first-order valence-electron chi connectivity index (χ1n) is 13.1. The third-order valence-corrected chi connectivity index (χ3v) is 8.48. The number of thioether (sulfide) groups is 1. The molecule has 0 unspecified atom stereocenters. The molecule has 0 saturated heterocycles. The molecule has 3 aromatic carbocycles. The molecule has 1 fully saturated rings. The SMILES string of the molecule is CCn1c(SCC(=O)N/N=C\c2ccc(OC)c(COc3ccc(Br)cc3)c2)nnc1[C@H]1C[C@H]1c1ccc(Cl)cc1. The van der Waals surface area contributed by atoms with Crippen LogP contribution in [0.15, 0.2) is 81.5 Å². The van der Waals surface area contributed by atoms with Crippen LogP contribution in [0, 0.1) is 0 Å². The molecule has 0 spiro atoms. The Labute approximate surface area is 256 Å². The Morgan fingerprint density at radius 2 is 1.93 bits per heavy atom. The van der Waals surface area contributed by atoms with Gasteiger partial charge >= 0.3 is 0 Å². The molecular weight excluding hydrogens is 626 g/mol. The van der Waals surface area contributed by atoms with Gasteiger partial charge in [-0.1, -0.05) is 51.4 Å². The number of nitrogens with zero attached hydrogens (tertiary/aromatic N) is 4. The van der Waals surface area contributed by atoms with E-state index in [0.717, 1.165) is 50.3 Å². The largest absolute Gasteiger partial charge is 0.496 e. The summed E-state index contributed by atoms with van der Waals surface area (Å²) in [7, 11) is 1.62. The van der Waals surface area contributed by atoms with Gasteiger partial charge in [-0.05, 0) is 85.0 Å². The van der Waals surface area contributed by atoms with Crippen LogP contribution in [-0.4, -0.2) is 39.7 Å². The zero-order valence-corrected chi connectivity index (χ0v) is 25.7. The van der Waals surface area contributed by atoms with Gasteiger partial charge in [0.05, 0.1) is 19.1 Å². The third-order valence-electron chi connectivity index (χ3n) is 6.73. The maximum atomic E-state index is 12.5. The summed E-state index contributed by atoms with van der Waals surface area (Å²) in [5.74, 6) is 3.13. The zero-order valence-electron chi connectivity index (χ0n) is 22.6. The van der Waals surface area contributed by atoms with Gasteiger partial charge in [0, 0.05) is 27.5 Å². The van der Waals surface area contributed by atoms with Crippen LogP contribution in [0.4, 0.5) is 0 Å². The van der Waals surface area contributed by atoms with Crippen molar-refractivity contribution in [2.75, 3.05) is 12.9 Å². The Balaban J connectivity index is 1.14. The number of carbonyl (C=O) groups is 1. The summed E-state index contributed by atoms with van der Waals surface area (Å²) in [6.07, 6.45) is 2.63. The summed E-state index contributed by atoms with van der Waals surface area (Å²) < 4.78 is 14.5. The molecule has 0 bridgehead atoms. The Hall–Kier alpha value is -3.34. The number of carbonyl (C=O) groups excluding carboxylic acids is 1. The van der Waals surface area contributed by atoms with Crippen LogP contribution in [0.25, 0.3) is 0 Å². The maximum absolute atomic E-state index is 12.5. The Morgan fingerprint density at radius 1 is 1.15 bits per heavy atom. The lowest BCUT2D eigenvalue weighted by atomic mass is 10.1. The molecule has 41 heavy (non-hydrogen) atoms. The highest BCUT2D eigenvalue weighted by molar-refractivity contribution is 9.10. The number of hydrogen-bond acceptors (Lipinski definition) is 7. The first kappa shape index (κ1) is 29.2. The summed E-state index contributed by atoms with van der Waals surface area (Å²) in [6.45, 7) is 3.13. The molecule has 1 N–H and O–H groups in total. The van der Waals surface area contributed by atoms with E-state index in [2.05, 4.69) is 60.3 Å². The van der Waals surface area contributed by atoms with E-state index in [-0.39, 0.29) is 11.7 Å². The highest BCUT2D eigenvalue weighted by atomic mass is 79.9. The molecule has 4 aromatic rings. The minimum absolute atomic E-state index is 0.176. The summed E-state index contributed by atoms with van der Waals surface area (Å²) >= 11 is 10.8. The average molecular weight is 655 g/mol. The molecule has 1 amide bonds. The predicted octanol–water partition coefficient (Wildman–Crippen LogP) is 6.82. The van der Waals surface area contributed by atoms with Crippen LogP contribution in [0.3, 0.4) is 0 Å². The van der Waals surface area contributed by atoms with E-state index in [4.69, 9.17) is 21.1 Å². The quantitative estimate of drug-likeness (QED) is 0.103. The van der Waals surface area contributed by atoms with Gasteiger partial charge in [-0.25, -0.2) is 5.43 Å². The molecule has 8 nitrogen and oxygen atoms in total. The van der Waals surface area contributed by atoms with E-state index in [1.807, 2.05) is 54.6 Å². The molecule has 1 heterocycles. The van der Waals surface area contributed by atoms with Crippen LogP contribution in [0.1, 0.15) is 47.7 Å². The van der Waals surface area contributed by atoms with Crippen molar-refractivity contribution in [3.63, 3.8) is 0 Å². The van der Waals surface area contributed by atoms with Gasteiger partial charge in [-0.3, -0.25) is 4.79 Å². The smallest absolute Gasteiger partial charge is 0.250 e. The lowest BCUT2D eigenvalue weighted by Crippen LogP contribution is -2.20. The van der Waals surface area contributed by atoms with Crippen LogP contribution < -0.4 is 14.9 Å². The van der Waals surface area contributed by atoms with Crippen molar-refractivity contribution in [3.05, 3.63) is 98.7 Å². The third kappa shape index (κ3) is 7.49. The van der Waals surface area contributed by atoms with E-state index >= 15 is 0 Å². The molecule has 2 atom stereocenters.